The topological polar surface area (TPSA) is 65.9 Å². The molecule has 0 aliphatic carbocycles. The monoisotopic (exact) mass is 401 g/mol. The fourth-order valence-corrected chi connectivity index (χ4v) is 3.16. The molecule has 0 aromatic heterocycles. The zero-order valence-corrected chi connectivity index (χ0v) is 15.5. The predicted molar refractivity (Wildman–Crippen MR) is 96.5 cm³/mol. The molecular formula is C17H25BrFN3O2. The highest BCUT2D eigenvalue weighted by Gasteiger charge is 2.34. The summed E-state index contributed by atoms with van der Waals surface area (Å²) in [5.41, 5.74) is 0.474. The average molecular weight is 402 g/mol. The first-order chi connectivity index (χ1) is 11.6. The molecule has 1 heterocycles. The molecule has 1 atom stereocenters. The van der Waals surface area contributed by atoms with E-state index < -0.39 is 0 Å². The molecule has 1 unspecified atom stereocenters. The zero-order valence-electron chi connectivity index (χ0n) is 13.9. The van der Waals surface area contributed by atoms with E-state index >= 15 is 0 Å². The smallest absolute Gasteiger partial charge is 0.191 e. The number of guanidine groups is 1. The molecule has 0 amide bonds. The molecular weight excluding hydrogens is 377 g/mol. The molecule has 24 heavy (non-hydrogen) atoms. The number of rotatable bonds is 7. The largest absolute Gasteiger partial charge is 0.396 e. The molecule has 1 aliphatic heterocycles. The number of hydrogen-bond donors (Lipinski definition) is 3. The summed E-state index contributed by atoms with van der Waals surface area (Å²) in [6, 6.07) is 4.84. The standard InChI is InChI=1S/C17H25BrFN3O2/c1-2-20-16(21-10-13-9-14(18)3-4-15(13)19)22-11-17(5-7-23)6-8-24-12-17/h3-4,9,23H,2,5-8,10-12H2,1H3,(H2,20,21,22). The zero-order chi connectivity index (χ0) is 17.4. The van der Waals surface area contributed by atoms with Crippen molar-refractivity contribution < 1.29 is 14.2 Å². The summed E-state index contributed by atoms with van der Waals surface area (Å²) in [4.78, 5) is 4.47. The summed E-state index contributed by atoms with van der Waals surface area (Å²) in [6.45, 7) is 5.13. The molecule has 5 nitrogen and oxygen atoms in total. The molecule has 7 heteroatoms. The lowest BCUT2D eigenvalue weighted by molar-refractivity contribution is 0.127. The van der Waals surface area contributed by atoms with Crippen molar-refractivity contribution in [3.8, 4) is 0 Å². The van der Waals surface area contributed by atoms with E-state index in [4.69, 9.17) is 4.74 Å². The molecule has 0 saturated carbocycles. The van der Waals surface area contributed by atoms with E-state index in [9.17, 15) is 9.50 Å². The molecule has 2 rings (SSSR count). The van der Waals surface area contributed by atoms with E-state index in [0.29, 0.717) is 31.1 Å². The lowest BCUT2D eigenvalue weighted by Crippen LogP contribution is -2.44. The maximum atomic E-state index is 13.8. The van der Waals surface area contributed by atoms with E-state index in [1.807, 2.05) is 6.92 Å². The Kier molecular flexibility index (Phi) is 7.45. The quantitative estimate of drug-likeness (QED) is 0.484. The number of aliphatic hydroxyl groups excluding tert-OH is 1. The number of benzene rings is 1. The van der Waals surface area contributed by atoms with Gasteiger partial charge in [-0.25, -0.2) is 9.38 Å². The lowest BCUT2D eigenvalue weighted by atomic mass is 9.84. The van der Waals surface area contributed by atoms with Crippen LogP contribution in [0.25, 0.3) is 0 Å². The summed E-state index contributed by atoms with van der Waals surface area (Å²) >= 11 is 3.35. The summed E-state index contributed by atoms with van der Waals surface area (Å²) in [5, 5.41) is 15.8. The second kappa shape index (κ2) is 9.34. The van der Waals surface area contributed by atoms with Crippen molar-refractivity contribution >= 4 is 21.9 Å². The number of nitrogens with zero attached hydrogens (tertiary/aromatic N) is 1. The third kappa shape index (κ3) is 5.43. The Bertz CT molecular complexity index is 563. The van der Waals surface area contributed by atoms with Gasteiger partial charge in [-0.3, -0.25) is 0 Å². The maximum absolute atomic E-state index is 13.8. The fraction of sp³-hybridized carbons (Fsp3) is 0.588. The minimum Gasteiger partial charge on any atom is -0.396 e. The minimum absolute atomic E-state index is 0.0635. The number of hydrogen-bond acceptors (Lipinski definition) is 3. The average Bonchev–Trinajstić information content (AvgIpc) is 3.02. The first kappa shape index (κ1) is 19.1. The van der Waals surface area contributed by atoms with E-state index in [1.165, 1.54) is 6.07 Å². The van der Waals surface area contributed by atoms with Crippen LogP contribution in [-0.2, 0) is 11.3 Å². The van der Waals surface area contributed by atoms with Gasteiger partial charge in [0.1, 0.15) is 5.82 Å². The van der Waals surface area contributed by atoms with Crippen molar-refractivity contribution in [2.45, 2.75) is 26.3 Å². The van der Waals surface area contributed by atoms with Gasteiger partial charge in [-0.15, -0.1) is 0 Å². The highest BCUT2D eigenvalue weighted by atomic mass is 79.9. The predicted octanol–water partition coefficient (Wildman–Crippen LogP) is 2.43. The number of nitrogens with one attached hydrogen (secondary N) is 2. The maximum Gasteiger partial charge on any atom is 0.191 e. The number of halogens is 2. The minimum atomic E-state index is -0.265. The molecule has 1 aliphatic rings. The molecule has 1 aromatic rings. The van der Waals surface area contributed by atoms with Gasteiger partial charge in [0.25, 0.3) is 0 Å². The van der Waals surface area contributed by atoms with Crippen molar-refractivity contribution in [2.24, 2.45) is 10.4 Å². The molecule has 0 spiro atoms. The third-order valence-corrected chi connectivity index (χ3v) is 4.71. The van der Waals surface area contributed by atoms with Crippen LogP contribution < -0.4 is 10.6 Å². The first-order valence-electron chi connectivity index (χ1n) is 8.23. The van der Waals surface area contributed by atoms with Crippen LogP contribution in [0.1, 0.15) is 25.3 Å². The Morgan fingerprint density at radius 2 is 2.29 bits per heavy atom. The molecule has 1 saturated heterocycles. The third-order valence-electron chi connectivity index (χ3n) is 4.22. The molecule has 0 bridgehead atoms. The first-order valence-corrected chi connectivity index (χ1v) is 9.02. The Morgan fingerprint density at radius 3 is 2.96 bits per heavy atom. The van der Waals surface area contributed by atoms with Crippen molar-refractivity contribution in [1.29, 1.82) is 0 Å². The SMILES string of the molecule is CCNC(=NCc1cc(Br)ccc1F)NCC1(CCO)CCOC1. The highest BCUT2D eigenvalue weighted by molar-refractivity contribution is 9.10. The fourth-order valence-electron chi connectivity index (χ4n) is 2.75. The summed E-state index contributed by atoms with van der Waals surface area (Å²) in [7, 11) is 0. The van der Waals surface area contributed by atoms with Crippen molar-refractivity contribution in [2.75, 3.05) is 32.9 Å². The van der Waals surface area contributed by atoms with Crippen LogP contribution >= 0.6 is 15.9 Å². The molecule has 0 radical (unpaired) electrons. The van der Waals surface area contributed by atoms with Gasteiger partial charge in [0, 0.05) is 41.8 Å². The van der Waals surface area contributed by atoms with Crippen LogP contribution in [0.2, 0.25) is 0 Å². The van der Waals surface area contributed by atoms with Gasteiger partial charge in [0.2, 0.25) is 0 Å². The van der Waals surface area contributed by atoms with Crippen LogP contribution in [0, 0.1) is 11.2 Å². The van der Waals surface area contributed by atoms with E-state index in [1.54, 1.807) is 12.1 Å². The second-order valence-corrected chi connectivity index (χ2v) is 6.98. The van der Waals surface area contributed by atoms with Crippen LogP contribution in [0.4, 0.5) is 4.39 Å². The van der Waals surface area contributed by atoms with Crippen LogP contribution in [0.15, 0.2) is 27.7 Å². The van der Waals surface area contributed by atoms with Crippen LogP contribution in [0.3, 0.4) is 0 Å². The normalized spacial score (nSPS) is 21.1. The van der Waals surface area contributed by atoms with Crippen LogP contribution in [0.5, 0.6) is 0 Å². The number of aliphatic imine (C=N–C) groups is 1. The van der Waals surface area contributed by atoms with Gasteiger partial charge in [0.15, 0.2) is 5.96 Å². The van der Waals surface area contributed by atoms with E-state index in [0.717, 1.165) is 24.0 Å². The van der Waals surface area contributed by atoms with Crippen molar-refractivity contribution in [1.82, 2.24) is 10.6 Å². The lowest BCUT2D eigenvalue weighted by Gasteiger charge is -2.27. The second-order valence-electron chi connectivity index (χ2n) is 6.06. The molecule has 134 valence electrons. The van der Waals surface area contributed by atoms with Gasteiger partial charge in [0.05, 0.1) is 13.2 Å². The Morgan fingerprint density at radius 1 is 1.46 bits per heavy atom. The number of aliphatic hydroxyl groups is 1. The van der Waals surface area contributed by atoms with Crippen molar-refractivity contribution in [3.05, 3.63) is 34.1 Å². The Hall–Kier alpha value is -1.18. The van der Waals surface area contributed by atoms with Gasteiger partial charge in [-0.05, 0) is 38.0 Å². The van der Waals surface area contributed by atoms with Gasteiger partial charge < -0.3 is 20.5 Å². The summed E-state index contributed by atoms with van der Waals surface area (Å²) in [5.74, 6) is 0.375. The summed E-state index contributed by atoms with van der Waals surface area (Å²) < 4.78 is 20.2. The molecule has 3 N–H and O–H groups in total. The summed E-state index contributed by atoms with van der Waals surface area (Å²) in [6.07, 6.45) is 1.61. The van der Waals surface area contributed by atoms with E-state index in [2.05, 4.69) is 31.6 Å². The van der Waals surface area contributed by atoms with Crippen molar-refractivity contribution in [3.63, 3.8) is 0 Å². The Balaban J connectivity index is 2.01. The Labute approximate surface area is 150 Å². The number of ether oxygens (including phenoxy) is 1. The molecule has 1 aromatic carbocycles. The van der Waals surface area contributed by atoms with Gasteiger partial charge >= 0.3 is 0 Å². The van der Waals surface area contributed by atoms with Gasteiger partial charge in [-0.1, -0.05) is 15.9 Å². The van der Waals surface area contributed by atoms with Gasteiger partial charge in [-0.2, -0.15) is 0 Å². The van der Waals surface area contributed by atoms with E-state index in [-0.39, 0.29) is 24.4 Å². The molecule has 1 fully saturated rings. The highest BCUT2D eigenvalue weighted by Crippen LogP contribution is 2.31. The van der Waals surface area contributed by atoms with Crippen LogP contribution in [-0.4, -0.2) is 44.0 Å².